The Hall–Kier alpha value is -0.530. The third kappa shape index (κ3) is 23.6. The van der Waals surface area contributed by atoms with Gasteiger partial charge in [-0.2, -0.15) is 0 Å². The Bertz CT molecular complexity index is 388. The van der Waals surface area contributed by atoms with Gasteiger partial charge in [0.2, 0.25) is 0 Å². The molecule has 0 saturated heterocycles. The van der Waals surface area contributed by atoms with E-state index in [0.717, 1.165) is 12.4 Å². The van der Waals surface area contributed by atoms with Crippen LogP contribution in [-0.4, -0.2) is 24.9 Å². The molecular weight excluding hydrogens is 374 g/mol. The van der Waals surface area contributed by atoms with E-state index in [1.54, 1.807) is 0 Å². The van der Waals surface area contributed by atoms with Gasteiger partial charge in [0.25, 0.3) is 0 Å². The van der Waals surface area contributed by atoms with Gasteiger partial charge in [-0.05, 0) is 26.1 Å². The zero-order chi connectivity index (χ0) is 21.4. The van der Waals surface area contributed by atoms with E-state index in [1.165, 1.54) is 108 Å². The lowest BCUT2D eigenvalue weighted by molar-refractivity contribution is 0.402. The number of halogens is 1. The summed E-state index contributed by atoms with van der Waals surface area (Å²) >= 11 is 5.66. The normalized spacial score (nSPS) is 10.8. The molecular formula is C27H50ClN. The van der Waals surface area contributed by atoms with Gasteiger partial charge in [0.15, 0.2) is 0 Å². The van der Waals surface area contributed by atoms with Crippen LogP contribution < -0.4 is 0 Å². The van der Waals surface area contributed by atoms with Crippen LogP contribution in [0.2, 0.25) is 0 Å². The van der Waals surface area contributed by atoms with Gasteiger partial charge in [-0.15, -0.1) is 11.6 Å². The van der Waals surface area contributed by atoms with Crippen LogP contribution in [-0.2, 0) is 6.54 Å². The molecule has 1 aromatic carbocycles. The number of benzene rings is 1. The fraction of sp³-hybridized carbons (Fsp3) is 0.778. The first-order chi connectivity index (χ1) is 14.2. The fourth-order valence-corrected chi connectivity index (χ4v) is 3.78. The molecule has 1 aromatic rings. The van der Waals surface area contributed by atoms with Crippen LogP contribution in [0.3, 0.4) is 0 Å². The van der Waals surface area contributed by atoms with Gasteiger partial charge >= 0.3 is 0 Å². The second kappa shape index (κ2) is 23.7. The van der Waals surface area contributed by atoms with Gasteiger partial charge in [-0.25, -0.2) is 0 Å². The lowest BCUT2D eigenvalue weighted by Crippen LogP contribution is -2.10. The second-order valence-corrected chi connectivity index (χ2v) is 9.09. The van der Waals surface area contributed by atoms with Crippen molar-refractivity contribution in [1.29, 1.82) is 0 Å². The van der Waals surface area contributed by atoms with Crippen LogP contribution in [0.4, 0.5) is 0 Å². The molecule has 0 unspecified atom stereocenters. The van der Waals surface area contributed by atoms with Crippen LogP contribution >= 0.6 is 11.6 Å². The molecule has 0 N–H and O–H groups in total. The number of nitrogens with zero attached hydrogens (tertiary/aromatic N) is 1. The summed E-state index contributed by atoms with van der Waals surface area (Å²) in [5, 5.41) is 0. The van der Waals surface area contributed by atoms with E-state index >= 15 is 0 Å². The van der Waals surface area contributed by atoms with Gasteiger partial charge in [0.05, 0.1) is 0 Å². The first kappa shape index (κ1) is 28.5. The standard InChI is InChI=1S/C18H37Cl.C9H13N/c1-2-3-4-5-6-7-8-9-10-11-12-13-14-15-16-17-18-19;1-10(2)8-9-6-4-3-5-7-9/h2-18H2,1H3;3-7H,8H2,1-2H3. The predicted octanol–water partition coefficient (Wildman–Crippen LogP) is 9.23. The summed E-state index contributed by atoms with van der Waals surface area (Å²) in [6, 6.07) is 10.5. The second-order valence-electron chi connectivity index (χ2n) is 8.72. The van der Waals surface area contributed by atoms with Crippen molar-refractivity contribution < 1.29 is 0 Å². The molecule has 0 fully saturated rings. The van der Waals surface area contributed by atoms with Crippen molar-refractivity contribution in [2.45, 2.75) is 116 Å². The molecule has 0 spiro atoms. The van der Waals surface area contributed by atoms with E-state index in [9.17, 15) is 0 Å². The summed E-state index contributed by atoms with van der Waals surface area (Å²) in [7, 11) is 4.15. The number of rotatable bonds is 18. The van der Waals surface area contributed by atoms with E-state index in [0.29, 0.717) is 0 Å². The third-order valence-electron chi connectivity index (χ3n) is 5.33. The van der Waals surface area contributed by atoms with E-state index < -0.39 is 0 Å². The van der Waals surface area contributed by atoms with Gasteiger partial charge in [-0.1, -0.05) is 134 Å². The Morgan fingerprint density at radius 3 is 1.31 bits per heavy atom. The largest absolute Gasteiger partial charge is 0.305 e. The van der Waals surface area contributed by atoms with Crippen molar-refractivity contribution in [2.75, 3.05) is 20.0 Å². The molecule has 0 heterocycles. The minimum Gasteiger partial charge on any atom is -0.305 e. The molecule has 0 atom stereocenters. The highest BCUT2D eigenvalue weighted by Crippen LogP contribution is 2.13. The molecule has 0 aromatic heterocycles. The maximum Gasteiger partial charge on any atom is 0.0227 e. The van der Waals surface area contributed by atoms with Crippen molar-refractivity contribution in [1.82, 2.24) is 4.90 Å². The van der Waals surface area contributed by atoms with Crippen molar-refractivity contribution in [3.05, 3.63) is 35.9 Å². The highest BCUT2D eigenvalue weighted by atomic mass is 35.5. The highest BCUT2D eigenvalue weighted by Gasteiger charge is 1.94. The summed E-state index contributed by atoms with van der Waals surface area (Å²) in [5.74, 6) is 0.846. The van der Waals surface area contributed by atoms with Crippen molar-refractivity contribution >= 4 is 11.6 Å². The van der Waals surface area contributed by atoms with Gasteiger partial charge in [-0.3, -0.25) is 0 Å². The minimum atomic E-state index is 0.846. The Balaban J connectivity index is 0.000000651. The molecule has 0 bridgehead atoms. The van der Waals surface area contributed by atoms with E-state index in [2.05, 4.69) is 50.2 Å². The van der Waals surface area contributed by atoms with Gasteiger partial charge in [0.1, 0.15) is 0 Å². The Morgan fingerprint density at radius 2 is 0.966 bits per heavy atom. The van der Waals surface area contributed by atoms with Gasteiger partial charge in [0, 0.05) is 12.4 Å². The lowest BCUT2D eigenvalue weighted by Gasteiger charge is -2.08. The quantitative estimate of drug-likeness (QED) is 0.168. The molecule has 0 radical (unpaired) electrons. The van der Waals surface area contributed by atoms with Crippen molar-refractivity contribution in [3.8, 4) is 0 Å². The maximum absolute atomic E-state index is 5.66. The predicted molar refractivity (Wildman–Crippen MR) is 134 cm³/mol. The van der Waals surface area contributed by atoms with E-state index in [1.807, 2.05) is 6.07 Å². The van der Waals surface area contributed by atoms with Crippen molar-refractivity contribution in [2.24, 2.45) is 0 Å². The average molecular weight is 424 g/mol. The van der Waals surface area contributed by atoms with Crippen LogP contribution in [0.5, 0.6) is 0 Å². The molecule has 1 nitrogen and oxygen atoms in total. The number of unbranched alkanes of at least 4 members (excludes halogenated alkanes) is 15. The molecule has 0 aliphatic heterocycles. The zero-order valence-corrected chi connectivity index (χ0v) is 20.7. The summed E-state index contributed by atoms with van der Waals surface area (Å²) in [5.41, 5.74) is 1.37. The van der Waals surface area contributed by atoms with Gasteiger partial charge < -0.3 is 4.90 Å². The third-order valence-corrected chi connectivity index (χ3v) is 5.60. The number of alkyl halides is 1. The van der Waals surface area contributed by atoms with Crippen LogP contribution in [0.15, 0.2) is 30.3 Å². The topological polar surface area (TPSA) is 3.24 Å². The molecule has 0 saturated carbocycles. The summed E-state index contributed by atoms with van der Waals surface area (Å²) in [6.07, 6.45) is 22.8. The number of hydrogen-bond acceptors (Lipinski definition) is 1. The maximum atomic E-state index is 5.66. The molecule has 1 rings (SSSR count). The summed E-state index contributed by atoms with van der Waals surface area (Å²) in [6.45, 7) is 3.32. The van der Waals surface area contributed by atoms with Crippen LogP contribution in [0.25, 0.3) is 0 Å². The molecule has 0 amide bonds. The smallest absolute Gasteiger partial charge is 0.0227 e. The minimum absolute atomic E-state index is 0.846. The van der Waals surface area contributed by atoms with Crippen molar-refractivity contribution in [3.63, 3.8) is 0 Å². The average Bonchev–Trinajstić information content (AvgIpc) is 2.72. The van der Waals surface area contributed by atoms with Crippen LogP contribution in [0.1, 0.15) is 115 Å². The Labute approximate surface area is 188 Å². The van der Waals surface area contributed by atoms with Crippen LogP contribution in [0, 0.1) is 0 Å². The molecule has 170 valence electrons. The first-order valence-electron chi connectivity index (χ1n) is 12.4. The highest BCUT2D eigenvalue weighted by molar-refractivity contribution is 6.17. The first-order valence-corrected chi connectivity index (χ1v) is 13.0. The van der Waals surface area contributed by atoms with E-state index in [4.69, 9.17) is 11.6 Å². The summed E-state index contributed by atoms with van der Waals surface area (Å²) in [4.78, 5) is 2.16. The SMILES string of the molecule is CCCCCCCCCCCCCCCCCCCl.CN(C)Cc1ccccc1. The Morgan fingerprint density at radius 1 is 0.586 bits per heavy atom. The number of hydrogen-bond donors (Lipinski definition) is 0. The van der Waals surface area contributed by atoms with E-state index in [-0.39, 0.29) is 0 Å². The zero-order valence-electron chi connectivity index (χ0n) is 19.9. The molecule has 2 heteroatoms. The Kier molecular flexibility index (Phi) is 23.3. The fourth-order valence-electron chi connectivity index (χ4n) is 3.59. The summed E-state index contributed by atoms with van der Waals surface area (Å²) < 4.78 is 0. The molecule has 0 aliphatic rings. The molecule has 29 heavy (non-hydrogen) atoms. The lowest BCUT2D eigenvalue weighted by atomic mass is 10.0. The molecule has 0 aliphatic carbocycles. The monoisotopic (exact) mass is 423 g/mol.